The molecule has 7 heteroatoms. The summed E-state index contributed by atoms with van der Waals surface area (Å²) < 4.78 is 1.91. The molecular weight excluding hydrogens is 286 g/mol. The van der Waals surface area contributed by atoms with Crippen LogP contribution in [0.5, 0.6) is 0 Å². The third kappa shape index (κ3) is 3.98. The van der Waals surface area contributed by atoms with E-state index in [0.29, 0.717) is 17.9 Å². The average Bonchev–Trinajstić information content (AvgIpc) is 2.74. The number of carbonyl (C=O) groups is 1. The maximum absolute atomic E-state index is 11.9. The van der Waals surface area contributed by atoms with Crippen LogP contribution in [0.25, 0.3) is 0 Å². The standard InChI is InChI=1S/C14H19N5OS/c1-9-8-11(15)4-5-12(9)16-13(20)6-7-21-14-18-17-10(2)19(14)3/h4-5,8H,6-7,15H2,1-3H3,(H,16,20). The van der Waals surface area contributed by atoms with Crippen molar-refractivity contribution < 1.29 is 4.79 Å². The van der Waals surface area contributed by atoms with Crippen LogP contribution in [0.15, 0.2) is 23.4 Å². The van der Waals surface area contributed by atoms with Crippen molar-refractivity contribution in [3.8, 4) is 0 Å². The second kappa shape index (κ2) is 6.62. The zero-order valence-corrected chi connectivity index (χ0v) is 13.2. The van der Waals surface area contributed by atoms with Crippen molar-refractivity contribution >= 4 is 29.0 Å². The van der Waals surface area contributed by atoms with Crippen molar-refractivity contribution in [1.82, 2.24) is 14.8 Å². The van der Waals surface area contributed by atoms with Gasteiger partial charge in [0.2, 0.25) is 5.91 Å². The Kier molecular flexibility index (Phi) is 4.85. The molecule has 2 rings (SSSR count). The molecule has 0 atom stereocenters. The van der Waals surface area contributed by atoms with Gasteiger partial charge in [-0.15, -0.1) is 10.2 Å². The van der Waals surface area contributed by atoms with Gasteiger partial charge in [-0.2, -0.15) is 0 Å². The molecule has 1 aromatic carbocycles. The number of nitrogens with one attached hydrogen (secondary N) is 1. The van der Waals surface area contributed by atoms with Crippen LogP contribution >= 0.6 is 11.8 Å². The van der Waals surface area contributed by atoms with E-state index in [1.54, 1.807) is 6.07 Å². The summed E-state index contributed by atoms with van der Waals surface area (Å²) in [6.07, 6.45) is 0.417. The molecule has 112 valence electrons. The smallest absolute Gasteiger partial charge is 0.225 e. The monoisotopic (exact) mass is 305 g/mol. The second-order valence-corrected chi connectivity index (χ2v) is 5.87. The maximum atomic E-state index is 11.9. The van der Waals surface area contributed by atoms with Crippen LogP contribution in [0.1, 0.15) is 17.8 Å². The third-order valence-corrected chi connectivity index (χ3v) is 4.16. The first-order chi connectivity index (χ1) is 9.97. The Bertz CT molecular complexity index is 653. The fourth-order valence-corrected chi connectivity index (χ4v) is 2.68. The number of benzene rings is 1. The van der Waals surface area contributed by atoms with Crippen molar-refractivity contribution in [2.75, 3.05) is 16.8 Å². The second-order valence-electron chi connectivity index (χ2n) is 4.81. The van der Waals surface area contributed by atoms with E-state index in [1.165, 1.54) is 11.8 Å². The summed E-state index contributed by atoms with van der Waals surface area (Å²) in [5.41, 5.74) is 8.14. The molecule has 6 nitrogen and oxygen atoms in total. The summed E-state index contributed by atoms with van der Waals surface area (Å²) in [5, 5.41) is 11.7. The summed E-state index contributed by atoms with van der Waals surface area (Å²) in [4.78, 5) is 11.9. The number of nitrogen functional groups attached to an aromatic ring is 1. The van der Waals surface area contributed by atoms with Crippen LogP contribution in [0.2, 0.25) is 0 Å². The SMILES string of the molecule is Cc1cc(N)ccc1NC(=O)CCSc1nnc(C)n1C. The van der Waals surface area contributed by atoms with Crippen LogP contribution in [0, 0.1) is 13.8 Å². The molecule has 3 N–H and O–H groups in total. The van der Waals surface area contributed by atoms with Crippen LogP contribution < -0.4 is 11.1 Å². The number of hydrogen-bond acceptors (Lipinski definition) is 5. The van der Waals surface area contributed by atoms with Crippen molar-refractivity contribution in [3.63, 3.8) is 0 Å². The van der Waals surface area contributed by atoms with Gasteiger partial charge in [0, 0.05) is 30.6 Å². The fraction of sp³-hybridized carbons (Fsp3) is 0.357. The highest BCUT2D eigenvalue weighted by Crippen LogP contribution is 2.19. The maximum Gasteiger partial charge on any atom is 0.225 e. The highest BCUT2D eigenvalue weighted by Gasteiger charge is 2.08. The quantitative estimate of drug-likeness (QED) is 0.653. The number of nitrogens with two attached hydrogens (primary N) is 1. The van der Waals surface area contributed by atoms with Gasteiger partial charge >= 0.3 is 0 Å². The van der Waals surface area contributed by atoms with E-state index < -0.39 is 0 Å². The minimum Gasteiger partial charge on any atom is -0.399 e. The number of aromatic nitrogens is 3. The molecule has 21 heavy (non-hydrogen) atoms. The first kappa shape index (κ1) is 15.4. The molecule has 0 aliphatic heterocycles. The largest absolute Gasteiger partial charge is 0.399 e. The van der Waals surface area contributed by atoms with Crippen molar-refractivity contribution in [2.45, 2.75) is 25.4 Å². The van der Waals surface area contributed by atoms with Crippen LogP contribution in [0.4, 0.5) is 11.4 Å². The molecule has 0 unspecified atom stereocenters. The lowest BCUT2D eigenvalue weighted by Gasteiger charge is -2.08. The molecule has 0 spiro atoms. The van der Waals surface area contributed by atoms with E-state index in [0.717, 1.165) is 22.2 Å². The highest BCUT2D eigenvalue weighted by molar-refractivity contribution is 7.99. The number of anilines is 2. The van der Waals surface area contributed by atoms with Gasteiger partial charge in [-0.25, -0.2) is 0 Å². The van der Waals surface area contributed by atoms with Crippen molar-refractivity contribution in [2.24, 2.45) is 7.05 Å². The first-order valence-corrected chi connectivity index (χ1v) is 7.60. The lowest BCUT2D eigenvalue weighted by molar-refractivity contribution is -0.115. The molecule has 0 bridgehead atoms. The molecule has 0 saturated carbocycles. The number of amides is 1. The number of carbonyl (C=O) groups excluding carboxylic acids is 1. The van der Waals surface area contributed by atoms with Gasteiger partial charge in [0.1, 0.15) is 5.82 Å². The summed E-state index contributed by atoms with van der Waals surface area (Å²) >= 11 is 1.52. The van der Waals surface area contributed by atoms with E-state index in [2.05, 4.69) is 15.5 Å². The molecule has 1 heterocycles. The molecule has 1 aromatic heterocycles. The van der Waals surface area contributed by atoms with Gasteiger partial charge in [-0.1, -0.05) is 11.8 Å². The predicted octanol–water partition coefficient (Wildman–Crippen LogP) is 2.14. The lowest BCUT2D eigenvalue weighted by Crippen LogP contribution is -2.13. The topological polar surface area (TPSA) is 85.8 Å². The number of rotatable bonds is 5. The third-order valence-electron chi connectivity index (χ3n) is 3.14. The summed E-state index contributed by atoms with van der Waals surface area (Å²) in [6.45, 7) is 3.82. The van der Waals surface area contributed by atoms with Crippen molar-refractivity contribution in [3.05, 3.63) is 29.6 Å². The van der Waals surface area contributed by atoms with E-state index in [-0.39, 0.29) is 5.91 Å². The zero-order chi connectivity index (χ0) is 15.4. The van der Waals surface area contributed by atoms with E-state index >= 15 is 0 Å². The number of nitrogens with zero attached hydrogens (tertiary/aromatic N) is 3. The summed E-state index contributed by atoms with van der Waals surface area (Å²) in [7, 11) is 1.91. The van der Waals surface area contributed by atoms with E-state index in [4.69, 9.17) is 5.73 Å². The Morgan fingerprint density at radius 1 is 1.38 bits per heavy atom. The normalized spacial score (nSPS) is 10.6. The minimum atomic E-state index is -0.0192. The summed E-state index contributed by atoms with van der Waals surface area (Å²) in [5.74, 6) is 1.50. The number of hydrogen-bond donors (Lipinski definition) is 2. The molecule has 0 radical (unpaired) electrons. The van der Waals surface area contributed by atoms with Gasteiger partial charge in [0.05, 0.1) is 0 Å². The molecular formula is C14H19N5OS. The number of aryl methyl sites for hydroxylation is 2. The Hall–Kier alpha value is -2.02. The Balaban J connectivity index is 1.84. The van der Waals surface area contributed by atoms with Crippen molar-refractivity contribution in [1.29, 1.82) is 0 Å². The Morgan fingerprint density at radius 2 is 2.14 bits per heavy atom. The predicted molar refractivity (Wildman–Crippen MR) is 85.3 cm³/mol. The van der Waals surface area contributed by atoms with E-state index in [1.807, 2.05) is 37.6 Å². The molecule has 0 fully saturated rings. The van der Waals surface area contributed by atoms with Gasteiger partial charge in [0.15, 0.2) is 5.16 Å². The Morgan fingerprint density at radius 3 is 2.76 bits per heavy atom. The highest BCUT2D eigenvalue weighted by atomic mass is 32.2. The average molecular weight is 305 g/mol. The minimum absolute atomic E-state index is 0.0192. The number of thioether (sulfide) groups is 1. The molecule has 0 aliphatic rings. The fourth-order valence-electron chi connectivity index (χ4n) is 1.79. The molecule has 1 amide bonds. The van der Waals surface area contributed by atoms with Gasteiger partial charge in [-0.3, -0.25) is 4.79 Å². The van der Waals surface area contributed by atoms with E-state index in [9.17, 15) is 4.79 Å². The van der Waals surface area contributed by atoms with Gasteiger partial charge in [0.25, 0.3) is 0 Å². The lowest BCUT2D eigenvalue weighted by atomic mass is 10.2. The molecule has 0 aliphatic carbocycles. The van der Waals surface area contributed by atoms with Crippen LogP contribution in [-0.4, -0.2) is 26.4 Å². The zero-order valence-electron chi connectivity index (χ0n) is 12.4. The molecule has 2 aromatic rings. The van der Waals surface area contributed by atoms with Crippen LogP contribution in [-0.2, 0) is 11.8 Å². The Labute approximate surface area is 128 Å². The van der Waals surface area contributed by atoms with Crippen LogP contribution in [0.3, 0.4) is 0 Å². The molecule has 0 saturated heterocycles. The van der Waals surface area contributed by atoms with Gasteiger partial charge in [-0.05, 0) is 37.6 Å². The van der Waals surface area contributed by atoms with Gasteiger partial charge < -0.3 is 15.6 Å². The first-order valence-electron chi connectivity index (χ1n) is 6.62. The summed E-state index contributed by atoms with van der Waals surface area (Å²) in [6, 6.07) is 5.44.